The SMILES string of the molecule is Cl.c1ccc(CN2CCC3CNCCC32)cc1. The monoisotopic (exact) mass is 252 g/mol. The first-order chi connectivity index (χ1) is 7.93. The molecule has 2 saturated heterocycles. The summed E-state index contributed by atoms with van der Waals surface area (Å²) in [6, 6.07) is 11.7. The van der Waals surface area contributed by atoms with E-state index in [9.17, 15) is 0 Å². The van der Waals surface area contributed by atoms with Gasteiger partial charge in [-0.05, 0) is 44.0 Å². The fourth-order valence-corrected chi connectivity index (χ4v) is 3.20. The highest BCUT2D eigenvalue weighted by atomic mass is 35.5. The van der Waals surface area contributed by atoms with Crippen LogP contribution in [-0.4, -0.2) is 30.6 Å². The number of fused-ring (bicyclic) bond motifs is 1. The maximum atomic E-state index is 3.51. The number of likely N-dealkylation sites (tertiary alicyclic amines) is 1. The van der Waals surface area contributed by atoms with Gasteiger partial charge in [0.15, 0.2) is 0 Å². The second-order valence-electron chi connectivity index (χ2n) is 5.06. The predicted molar refractivity (Wildman–Crippen MR) is 73.5 cm³/mol. The highest BCUT2D eigenvalue weighted by molar-refractivity contribution is 5.85. The van der Waals surface area contributed by atoms with Gasteiger partial charge in [-0.15, -0.1) is 12.4 Å². The Morgan fingerprint density at radius 2 is 2.00 bits per heavy atom. The molecule has 2 unspecified atom stereocenters. The van der Waals surface area contributed by atoms with Crippen molar-refractivity contribution in [3.05, 3.63) is 35.9 Å². The van der Waals surface area contributed by atoms with Gasteiger partial charge in [0.25, 0.3) is 0 Å². The minimum atomic E-state index is 0. The van der Waals surface area contributed by atoms with Crippen molar-refractivity contribution in [2.24, 2.45) is 5.92 Å². The molecule has 2 heterocycles. The van der Waals surface area contributed by atoms with Gasteiger partial charge in [0.1, 0.15) is 0 Å². The predicted octanol–water partition coefficient (Wildman–Crippen LogP) is 2.29. The molecule has 3 heteroatoms. The molecule has 3 rings (SSSR count). The summed E-state index contributed by atoms with van der Waals surface area (Å²) < 4.78 is 0. The van der Waals surface area contributed by atoms with E-state index in [-0.39, 0.29) is 12.4 Å². The van der Waals surface area contributed by atoms with Gasteiger partial charge in [-0.1, -0.05) is 30.3 Å². The minimum Gasteiger partial charge on any atom is -0.316 e. The fourth-order valence-electron chi connectivity index (χ4n) is 3.20. The van der Waals surface area contributed by atoms with Crippen LogP contribution in [0.3, 0.4) is 0 Å². The van der Waals surface area contributed by atoms with E-state index in [1.807, 2.05) is 0 Å². The zero-order valence-corrected chi connectivity index (χ0v) is 11.0. The van der Waals surface area contributed by atoms with Crippen molar-refractivity contribution < 1.29 is 0 Å². The molecule has 2 aliphatic heterocycles. The zero-order chi connectivity index (χ0) is 10.8. The fraction of sp³-hybridized carbons (Fsp3) is 0.571. The van der Waals surface area contributed by atoms with Gasteiger partial charge in [0.05, 0.1) is 0 Å². The third kappa shape index (κ3) is 2.82. The minimum absolute atomic E-state index is 0. The lowest BCUT2D eigenvalue weighted by atomic mass is 9.94. The molecule has 17 heavy (non-hydrogen) atoms. The highest BCUT2D eigenvalue weighted by Crippen LogP contribution is 2.29. The Balaban J connectivity index is 0.00000108. The Hall–Kier alpha value is -0.570. The van der Waals surface area contributed by atoms with E-state index in [1.54, 1.807) is 0 Å². The van der Waals surface area contributed by atoms with Crippen LogP contribution in [0.2, 0.25) is 0 Å². The quantitative estimate of drug-likeness (QED) is 0.869. The molecule has 2 fully saturated rings. The lowest BCUT2D eigenvalue weighted by molar-refractivity contribution is 0.184. The molecule has 1 aromatic rings. The standard InChI is InChI=1S/C14H20N2.ClH/c1-2-4-12(5-3-1)11-16-9-7-13-10-15-8-6-14(13)16;/h1-5,13-15H,6-11H2;1H. The third-order valence-electron chi connectivity index (χ3n) is 4.05. The maximum absolute atomic E-state index is 3.51. The number of hydrogen-bond acceptors (Lipinski definition) is 2. The molecule has 0 bridgehead atoms. The smallest absolute Gasteiger partial charge is 0.0236 e. The van der Waals surface area contributed by atoms with Crippen LogP contribution in [0.25, 0.3) is 0 Å². The van der Waals surface area contributed by atoms with Crippen molar-refractivity contribution in [2.45, 2.75) is 25.4 Å². The molecule has 2 atom stereocenters. The van der Waals surface area contributed by atoms with Crippen molar-refractivity contribution in [1.82, 2.24) is 10.2 Å². The number of nitrogens with zero attached hydrogens (tertiary/aromatic N) is 1. The van der Waals surface area contributed by atoms with E-state index < -0.39 is 0 Å². The van der Waals surface area contributed by atoms with Crippen LogP contribution in [0, 0.1) is 5.92 Å². The summed E-state index contributed by atoms with van der Waals surface area (Å²) >= 11 is 0. The van der Waals surface area contributed by atoms with E-state index in [0.29, 0.717) is 0 Å². The normalized spacial score (nSPS) is 28.5. The van der Waals surface area contributed by atoms with Crippen molar-refractivity contribution in [3.63, 3.8) is 0 Å². The zero-order valence-electron chi connectivity index (χ0n) is 10.1. The van der Waals surface area contributed by atoms with Gasteiger partial charge >= 0.3 is 0 Å². The average Bonchev–Trinajstić information content (AvgIpc) is 2.74. The van der Waals surface area contributed by atoms with E-state index in [4.69, 9.17) is 0 Å². The first-order valence-electron chi connectivity index (χ1n) is 6.42. The Kier molecular flexibility index (Phi) is 4.43. The molecule has 1 aromatic carbocycles. The molecule has 0 saturated carbocycles. The maximum Gasteiger partial charge on any atom is 0.0236 e. The first-order valence-corrected chi connectivity index (χ1v) is 6.42. The number of nitrogens with one attached hydrogen (secondary N) is 1. The molecule has 1 N–H and O–H groups in total. The van der Waals surface area contributed by atoms with Crippen LogP contribution in [0.4, 0.5) is 0 Å². The van der Waals surface area contributed by atoms with Crippen molar-refractivity contribution >= 4 is 12.4 Å². The van der Waals surface area contributed by atoms with Crippen LogP contribution in [0.5, 0.6) is 0 Å². The van der Waals surface area contributed by atoms with E-state index >= 15 is 0 Å². The topological polar surface area (TPSA) is 15.3 Å². The Labute approximate surface area is 110 Å². The van der Waals surface area contributed by atoms with E-state index in [2.05, 4.69) is 40.5 Å². The second-order valence-corrected chi connectivity index (χ2v) is 5.06. The van der Waals surface area contributed by atoms with E-state index in [0.717, 1.165) is 18.5 Å². The number of hydrogen-bond donors (Lipinski definition) is 1. The number of halogens is 1. The Morgan fingerprint density at radius 3 is 2.82 bits per heavy atom. The molecule has 0 aliphatic carbocycles. The number of benzene rings is 1. The summed E-state index contributed by atoms with van der Waals surface area (Å²) in [6.07, 6.45) is 2.71. The Morgan fingerprint density at radius 1 is 1.18 bits per heavy atom. The summed E-state index contributed by atoms with van der Waals surface area (Å²) in [7, 11) is 0. The van der Waals surface area contributed by atoms with Gasteiger partial charge in [-0.2, -0.15) is 0 Å². The first kappa shape index (κ1) is 12.9. The summed E-state index contributed by atoms with van der Waals surface area (Å²) in [5, 5.41) is 3.51. The van der Waals surface area contributed by atoms with Crippen LogP contribution < -0.4 is 5.32 Å². The summed E-state index contributed by atoms with van der Waals surface area (Å²) in [5.41, 5.74) is 1.46. The van der Waals surface area contributed by atoms with Gasteiger partial charge in [0.2, 0.25) is 0 Å². The average molecular weight is 253 g/mol. The van der Waals surface area contributed by atoms with E-state index in [1.165, 1.54) is 38.0 Å². The van der Waals surface area contributed by atoms with Crippen molar-refractivity contribution in [3.8, 4) is 0 Å². The van der Waals surface area contributed by atoms with Gasteiger partial charge < -0.3 is 5.32 Å². The lowest BCUT2D eigenvalue weighted by Crippen LogP contribution is -2.43. The van der Waals surface area contributed by atoms with Crippen LogP contribution in [-0.2, 0) is 6.54 Å². The molecule has 0 spiro atoms. The summed E-state index contributed by atoms with van der Waals surface area (Å²) in [5.74, 6) is 0.900. The summed E-state index contributed by atoms with van der Waals surface area (Å²) in [4.78, 5) is 2.68. The summed E-state index contributed by atoms with van der Waals surface area (Å²) in [6.45, 7) is 4.86. The van der Waals surface area contributed by atoms with Crippen LogP contribution in [0.15, 0.2) is 30.3 Å². The highest BCUT2D eigenvalue weighted by Gasteiger charge is 2.35. The Bertz CT molecular complexity index is 341. The van der Waals surface area contributed by atoms with Crippen molar-refractivity contribution in [1.29, 1.82) is 0 Å². The molecule has 0 aromatic heterocycles. The molecule has 0 radical (unpaired) electrons. The molecule has 2 aliphatic rings. The molecule has 0 amide bonds. The van der Waals surface area contributed by atoms with Gasteiger partial charge in [-0.25, -0.2) is 0 Å². The number of piperidine rings is 1. The van der Waals surface area contributed by atoms with Crippen molar-refractivity contribution in [2.75, 3.05) is 19.6 Å². The lowest BCUT2D eigenvalue weighted by Gasteiger charge is -2.32. The van der Waals surface area contributed by atoms with Crippen LogP contribution in [0.1, 0.15) is 18.4 Å². The second kappa shape index (κ2) is 5.85. The molecule has 94 valence electrons. The van der Waals surface area contributed by atoms with Crippen LogP contribution >= 0.6 is 12.4 Å². The molecular weight excluding hydrogens is 232 g/mol. The third-order valence-corrected chi connectivity index (χ3v) is 4.05. The molecule has 2 nitrogen and oxygen atoms in total. The number of rotatable bonds is 2. The van der Waals surface area contributed by atoms with Gasteiger partial charge in [-0.3, -0.25) is 4.90 Å². The van der Waals surface area contributed by atoms with Gasteiger partial charge in [0, 0.05) is 12.6 Å². The molecular formula is C14H21ClN2. The largest absolute Gasteiger partial charge is 0.316 e.